The predicted octanol–water partition coefficient (Wildman–Crippen LogP) is 1.90. The molecule has 1 aromatic rings. The lowest BCUT2D eigenvalue weighted by atomic mass is 10.0. The molecule has 1 unspecified atom stereocenters. The number of ketones is 1. The summed E-state index contributed by atoms with van der Waals surface area (Å²) in [5.41, 5.74) is 0.556. The summed E-state index contributed by atoms with van der Waals surface area (Å²) in [6.07, 6.45) is -1.42. The van der Waals surface area contributed by atoms with Crippen molar-refractivity contribution in [3.05, 3.63) is 29.3 Å². The van der Waals surface area contributed by atoms with Crippen LogP contribution in [-0.4, -0.2) is 27.8 Å². The van der Waals surface area contributed by atoms with Crippen LogP contribution >= 0.6 is 24.2 Å². The Hall–Kier alpha value is -1.04. The number of aliphatic hydroxyl groups excluding tert-OH is 1. The van der Waals surface area contributed by atoms with Crippen LogP contribution in [0.1, 0.15) is 28.4 Å². The fraction of sp³-hybridized carbons (Fsp3) is 0.273. The first-order chi connectivity index (χ1) is 7.97. The van der Waals surface area contributed by atoms with Gasteiger partial charge in [-0.25, -0.2) is 4.79 Å². The van der Waals surface area contributed by atoms with Gasteiger partial charge in [-0.3, -0.25) is 4.79 Å². The second kappa shape index (κ2) is 6.05. The number of thiol groups is 1. The monoisotopic (exact) mass is 274 g/mol. The molecule has 0 bridgehead atoms. The van der Waals surface area contributed by atoms with Crippen molar-refractivity contribution in [3.8, 4) is 0 Å². The maximum absolute atomic E-state index is 11.6. The molecule has 0 aromatic heterocycles. The largest absolute Gasteiger partial charge is 0.479 e. The first-order valence-electron chi connectivity index (χ1n) is 4.80. The summed E-state index contributed by atoms with van der Waals surface area (Å²) < 4.78 is 0. The van der Waals surface area contributed by atoms with Crippen molar-refractivity contribution in [2.75, 3.05) is 5.88 Å². The molecule has 1 atom stereocenters. The first kappa shape index (κ1) is 14.0. The minimum Gasteiger partial charge on any atom is -0.479 e. The zero-order valence-corrected chi connectivity index (χ0v) is 10.4. The number of carbonyl (C=O) groups is 2. The van der Waals surface area contributed by atoms with Crippen LogP contribution in [0.2, 0.25) is 0 Å². The molecule has 0 aliphatic heterocycles. The van der Waals surface area contributed by atoms with Gasteiger partial charge in [0.15, 0.2) is 11.9 Å². The van der Waals surface area contributed by atoms with Gasteiger partial charge in [0.2, 0.25) is 0 Å². The molecule has 0 saturated carbocycles. The molecule has 0 aliphatic rings. The van der Waals surface area contributed by atoms with Gasteiger partial charge in [-0.15, -0.1) is 24.2 Å². The maximum atomic E-state index is 11.6. The number of hydrogen-bond acceptors (Lipinski definition) is 4. The number of aliphatic carboxylic acids is 1. The minimum atomic E-state index is -1.61. The van der Waals surface area contributed by atoms with E-state index in [0.29, 0.717) is 10.5 Å². The van der Waals surface area contributed by atoms with Gasteiger partial charge in [-0.05, 0) is 17.7 Å². The van der Waals surface area contributed by atoms with Crippen LogP contribution in [0.4, 0.5) is 0 Å². The number of benzene rings is 1. The number of carboxylic acids is 1. The van der Waals surface area contributed by atoms with Gasteiger partial charge in [0.1, 0.15) is 0 Å². The Labute approximate surface area is 109 Å². The zero-order valence-electron chi connectivity index (χ0n) is 8.76. The van der Waals surface area contributed by atoms with Crippen molar-refractivity contribution in [3.63, 3.8) is 0 Å². The van der Waals surface area contributed by atoms with E-state index in [1.807, 2.05) is 0 Å². The van der Waals surface area contributed by atoms with Gasteiger partial charge in [0.25, 0.3) is 0 Å². The highest BCUT2D eigenvalue weighted by Gasteiger charge is 2.18. The van der Waals surface area contributed by atoms with Gasteiger partial charge in [-0.1, -0.05) is 6.07 Å². The molecular weight excluding hydrogens is 264 g/mol. The summed E-state index contributed by atoms with van der Waals surface area (Å²) in [5, 5.41) is 17.9. The zero-order chi connectivity index (χ0) is 13.0. The summed E-state index contributed by atoms with van der Waals surface area (Å²) in [7, 11) is 0. The lowest BCUT2D eigenvalue weighted by molar-refractivity contribution is -0.146. The van der Waals surface area contributed by atoms with Gasteiger partial charge < -0.3 is 10.2 Å². The first-order valence-corrected chi connectivity index (χ1v) is 5.78. The van der Waals surface area contributed by atoms with Crippen molar-refractivity contribution in [2.24, 2.45) is 0 Å². The average molecular weight is 275 g/mol. The molecule has 2 N–H and O–H groups in total. The molecule has 1 rings (SSSR count). The molecule has 0 radical (unpaired) electrons. The third-order valence-electron chi connectivity index (χ3n) is 2.19. The molecule has 1 aromatic carbocycles. The Bertz CT molecular complexity index is 447. The SMILES string of the molecule is O=C(CCCl)c1ccc(C(O)C(=O)O)cc1S. The summed E-state index contributed by atoms with van der Waals surface area (Å²) in [6, 6.07) is 4.20. The van der Waals surface area contributed by atoms with Crippen LogP contribution in [0.25, 0.3) is 0 Å². The second-order valence-electron chi connectivity index (χ2n) is 3.38. The molecule has 6 heteroatoms. The maximum Gasteiger partial charge on any atom is 0.337 e. The van der Waals surface area contributed by atoms with Crippen LogP contribution in [-0.2, 0) is 4.79 Å². The van der Waals surface area contributed by atoms with Crippen LogP contribution in [0, 0.1) is 0 Å². The standard InChI is InChI=1S/C11H11ClO4S/c12-4-3-8(13)7-2-1-6(5-9(7)17)10(14)11(15)16/h1-2,5,10,14,17H,3-4H2,(H,15,16). The van der Waals surface area contributed by atoms with E-state index >= 15 is 0 Å². The highest BCUT2D eigenvalue weighted by atomic mass is 35.5. The van der Waals surface area contributed by atoms with Crippen LogP contribution in [0.5, 0.6) is 0 Å². The average Bonchev–Trinajstić information content (AvgIpc) is 2.27. The molecule has 0 heterocycles. The lowest BCUT2D eigenvalue weighted by Crippen LogP contribution is -2.11. The van der Waals surface area contributed by atoms with Crippen molar-refractivity contribution in [1.29, 1.82) is 0 Å². The van der Waals surface area contributed by atoms with Crippen LogP contribution in [0.3, 0.4) is 0 Å². The Morgan fingerprint density at radius 2 is 2.06 bits per heavy atom. The van der Waals surface area contributed by atoms with E-state index in [2.05, 4.69) is 12.6 Å². The number of alkyl halides is 1. The third-order valence-corrected chi connectivity index (χ3v) is 2.75. The smallest absolute Gasteiger partial charge is 0.337 e. The topological polar surface area (TPSA) is 74.6 Å². The van der Waals surface area contributed by atoms with E-state index in [4.69, 9.17) is 16.7 Å². The van der Waals surface area contributed by atoms with E-state index < -0.39 is 12.1 Å². The molecule has 92 valence electrons. The summed E-state index contributed by atoms with van der Waals surface area (Å²) in [4.78, 5) is 22.5. The number of aliphatic hydroxyl groups is 1. The van der Waals surface area contributed by atoms with Crippen molar-refractivity contribution in [2.45, 2.75) is 17.4 Å². The van der Waals surface area contributed by atoms with Crippen molar-refractivity contribution >= 4 is 36.0 Å². The highest BCUT2D eigenvalue weighted by molar-refractivity contribution is 7.80. The number of Topliss-reactive ketones (excluding diaryl/α,β-unsaturated/α-hetero) is 1. The van der Waals surface area contributed by atoms with E-state index in [1.165, 1.54) is 18.2 Å². The second-order valence-corrected chi connectivity index (χ2v) is 4.24. The van der Waals surface area contributed by atoms with Crippen LogP contribution < -0.4 is 0 Å². The summed E-state index contributed by atoms with van der Waals surface area (Å²) in [6.45, 7) is 0. The van der Waals surface area contributed by atoms with Gasteiger partial charge in [-0.2, -0.15) is 0 Å². The van der Waals surface area contributed by atoms with E-state index in [0.717, 1.165) is 0 Å². The minimum absolute atomic E-state index is 0.165. The number of carboxylic acid groups (broad SMARTS) is 1. The molecule has 0 spiro atoms. The summed E-state index contributed by atoms with van der Waals surface area (Å²) >= 11 is 9.55. The number of carbonyl (C=O) groups excluding carboxylic acids is 1. The van der Waals surface area contributed by atoms with Crippen molar-refractivity contribution < 1.29 is 19.8 Å². The Morgan fingerprint density at radius 1 is 1.41 bits per heavy atom. The van der Waals surface area contributed by atoms with E-state index in [1.54, 1.807) is 0 Å². The molecular formula is C11H11ClO4S. The third kappa shape index (κ3) is 3.46. The van der Waals surface area contributed by atoms with Gasteiger partial charge >= 0.3 is 5.97 Å². The van der Waals surface area contributed by atoms with Gasteiger partial charge in [0, 0.05) is 22.8 Å². The Kier molecular flexibility index (Phi) is 4.99. The summed E-state index contributed by atoms with van der Waals surface area (Å²) in [5.74, 6) is -1.30. The van der Waals surface area contributed by atoms with Gasteiger partial charge in [0.05, 0.1) is 0 Å². The highest BCUT2D eigenvalue weighted by Crippen LogP contribution is 2.22. The molecule has 0 aliphatic carbocycles. The Morgan fingerprint density at radius 3 is 2.53 bits per heavy atom. The molecule has 0 fully saturated rings. The number of halogens is 1. The number of hydrogen-bond donors (Lipinski definition) is 3. The fourth-order valence-electron chi connectivity index (χ4n) is 1.32. The quantitative estimate of drug-likeness (QED) is 0.436. The van der Waals surface area contributed by atoms with Crippen LogP contribution in [0.15, 0.2) is 23.1 Å². The molecule has 4 nitrogen and oxygen atoms in total. The lowest BCUT2D eigenvalue weighted by Gasteiger charge is -2.09. The fourth-order valence-corrected chi connectivity index (χ4v) is 1.84. The molecule has 17 heavy (non-hydrogen) atoms. The molecule has 0 amide bonds. The number of rotatable bonds is 5. The van der Waals surface area contributed by atoms with E-state index in [9.17, 15) is 14.7 Å². The Balaban J connectivity index is 3.01. The van der Waals surface area contributed by atoms with Crippen molar-refractivity contribution in [1.82, 2.24) is 0 Å². The predicted molar refractivity (Wildman–Crippen MR) is 66.0 cm³/mol. The van der Waals surface area contributed by atoms with E-state index in [-0.39, 0.29) is 23.6 Å². The molecule has 0 saturated heterocycles. The normalized spacial score (nSPS) is 12.2.